The lowest BCUT2D eigenvalue weighted by Gasteiger charge is -2.21. The average molecular weight is 440 g/mol. The van der Waals surface area contributed by atoms with Crippen molar-refractivity contribution in [2.45, 2.75) is 58.5 Å². The summed E-state index contributed by atoms with van der Waals surface area (Å²) in [5.41, 5.74) is 0.707. The van der Waals surface area contributed by atoms with E-state index in [9.17, 15) is 13.6 Å². The molecule has 1 fully saturated rings. The van der Waals surface area contributed by atoms with Crippen LogP contribution in [0.4, 0.5) is 8.78 Å². The summed E-state index contributed by atoms with van der Waals surface area (Å²) in [6, 6.07) is 0. The molecular formula is C22H31F2N3O2S. The van der Waals surface area contributed by atoms with Crippen LogP contribution in [0.15, 0.2) is 24.0 Å². The van der Waals surface area contributed by atoms with Crippen LogP contribution in [0.5, 0.6) is 0 Å². The molecule has 0 radical (unpaired) electrons. The third kappa shape index (κ3) is 6.11. The van der Waals surface area contributed by atoms with Crippen molar-refractivity contribution in [2.75, 3.05) is 32.7 Å². The van der Waals surface area contributed by atoms with Crippen molar-refractivity contribution in [1.82, 2.24) is 14.8 Å². The summed E-state index contributed by atoms with van der Waals surface area (Å²) in [5.74, 6) is 0.00549. The second-order valence-electron chi connectivity index (χ2n) is 8.03. The van der Waals surface area contributed by atoms with Gasteiger partial charge in [-0.25, -0.2) is 4.98 Å². The van der Waals surface area contributed by atoms with E-state index in [0.29, 0.717) is 17.0 Å². The Morgan fingerprint density at radius 2 is 2.13 bits per heavy atom. The number of amides is 1. The molecule has 8 heteroatoms. The summed E-state index contributed by atoms with van der Waals surface area (Å²) < 4.78 is 31.1. The number of nitrogens with zero attached hydrogens (tertiary/aromatic N) is 3. The number of unbranched alkanes of at least 4 members (excludes halogenated alkanes) is 1. The topological polar surface area (TPSA) is 45.7 Å². The van der Waals surface area contributed by atoms with Gasteiger partial charge in [0.05, 0.1) is 5.69 Å². The molecule has 0 aromatic carbocycles. The fourth-order valence-electron chi connectivity index (χ4n) is 3.80. The highest BCUT2D eigenvalue weighted by Crippen LogP contribution is 2.34. The molecule has 2 heterocycles. The minimum absolute atomic E-state index is 0.0282. The Kier molecular flexibility index (Phi) is 7.63. The van der Waals surface area contributed by atoms with Crippen molar-refractivity contribution in [3.63, 3.8) is 0 Å². The SMILES string of the molecule is CCCCN1CCCN(C(=O)c2sc(C3C=C(OC(C)(F)F)C=CC3)nc2C)CC1. The molecule has 1 amide bonds. The van der Waals surface area contributed by atoms with E-state index < -0.39 is 6.11 Å². The van der Waals surface area contributed by atoms with E-state index in [1.807, 2.05) is 17.9 Å². The number of aromatic nitrogens is 1. The number of carbonyl (C=O) groups excluding carboxylic acids is 1. The van der Waals surface area contributed by atoms with E-state index in [-0.39, 0.29) is 17.6 Å². The third-order valence-electron chi connectivity index (χ3n) is 5.36. The van der Waals surface area contributed by atoms with Crippen LogP contribution in [0.2, 0.25) is 0 Å². The minimum atomic E-state index is -3.23. The first-order valence-electron chi connectivity index (χ1n) is 10.7. The van der Waals surface area contributed by atoms with Crippen molar-refractivity contribution >= 4 is 17.2 Å². The summed E-state index contributed by atoms with van der Waals surface area (Å²) in [6.45, 7) is 9.26. The first-order valence-corrected chi connectivity index (χ1v) is 11.5. The molecule has 1 aromatic heterocycles. The Hall–Kier alpha value is -1.80. The van der Waals surface area contributed by atoms with Gasteiger partial charge in [-0.05, 0) is 51.4 Å². The fourth-order valence-corrected chi connectivity index (χ4v) is 4.91. The standard InChI is InChI=1S/C22H31F2N3O2S/c1-4-5-10-26-11-7-12-27(14-13-26)21(28)19-16(2)25-20(30-19)17-8-6-9-18(15-17)29-22(3,23)24/h6,9,15,17H,4-5,7-8,10-14H2,1-3H3. The molecule has 5 nitrogen and oxygen atoms in total. The van der Waals surface area contributed by atoms with Crippen LogP contribution in [0.25, 0.3) is 0 Å². The summed E-state index contributed by atoms with van der Waals surface area (Å²) in [5, 5.41) is 0.764. The van der Waals surface area contributed by atoms with Gasteiger partial charge in [-0.1, -0.05) is 19.4 Å². The Morgan fingerprint density at radius 1 is 1.33 bits per heavy atom. The number of carbonyl (C=O) groups is 1. The molecule has 0 spiro atoms. The van der Waals surface area contributed by atoms with Crippen molar-refractivity contribution in [3.8, 4) is 0 Å². The first kappa shape index (κ1) is 22.9. The minimum Gasteiger partial charge on any atom is -0.433 e. The molecule has 166 valence electrons. The molecular weight excluding hydrogens is 408 g/mol. The summed E-state index contributed by atoms with van der Waals surface area (Å²) in [6.07, 6.45) is 5.80. The van der Waals surface area contributed by atoms with Gasteiger partial charge in [0.25, 0.3) is 5.91 Å². The van der Waals surface area contributed by atoms with Gasteiger partial charge < -0.3 is 14.5 Å². The number of thiazole rings is 1. The number of allylic oxidation sites excluding steroid dienone is 3. The van der Waals surface area contributed by atoms with Gasteiger partial charge in [-0.2, -0.15) is 8.78 Å². The Morgan fingerprint density at radius 3 is 2.87 bits per heavy atom. The maximum Gasteiger partial charge on any atom is 0.394 e. The number of halogens is 2. The van der Waals surface area contributed by atoms with Crippen LogP contribution in [-0.2, 0) is 4.74 Å². The maximum absolute atomic E-state index is 13.2. The molecule has 0 bridgehead atoms. The number of rotatable bonds is 7. The van der Waals surface area contributed by atoms with Crippen molar-refractivity contribution < 1.29 is 18.3 Å². The zero-order valence-corrected chi connectivity index (χ0v) is 18.8. The lowest BCUT2D eigenvalue weighted by Crippen LogP contribution is -2.35. The normalized spacial score (nSPS) is 20.8. The van der Waals surface area contributed by atoms with E-state index in [4.69, 9.17) is 4.74 Å². The molecule has 30 heavy (non-hydrogen) atoms. The van der Waals surface area contributed by atoms with Crippen molar-refractivity contribution in [2.24, 2.45) is 0 Å². The van der Waals surface area contributed by atoms with Gasteiger partial charge in [-0.15, -0.1) is 11.3 Å². The molecule has 1 aliphatic heterocycles. The Balaban J connectivity index is 1.68. The van der Waals surface area contributed by atoms with E-state index in [1.165, 1.54) is 24.2 Å². The van der Waals surface area contributed by atoms with Gasteiger partial charge in [0.1, 0.15) is 15.6 Å². The van der Waals surface area contributed by atoms with Crippen LogP contribution in [-0.4, -0.2) is 59.5 Å². The molecule has 3 rings (SSSR count). The second-order valence-corrected chi connectivity index (χ2v) is 9.06. The Labute approximate surface area is 181 Å². The van der Waals surface area contributed by atoms with Crippen molar-refractivity contribution in [1.29, 1.82) is 0 Å². The van der Waals surface area contributed by atoms with E-state index >= 15 is 0 Å². The molecule has 1 saturated heterocycles. The number of aryl methyl sites for hydroxylation is 1. The highest BCUT2D eigenvalue weighted by molar-refractivity contribution is 7.13. The molecule has 2 aliphatic rings. The predicted molar refractivity (Wildman–Crippen MR) is 115 cm³/mol. The lowest BCUT2D eigenvalue weighted by molar-refractivity contribution is -0.195. The van der Waals surface area contributed by atoms with Crippen LogP contribution >= 0.6 is 11.3 Å². The summed E-state index contributed by atoms with van der Waals surface area (Å²) >= 11 is 1.37. The number of alkyl halides is 2. The molecule has 1 atom stereocenters. The number of ether oxygens (including phenoxy) is 1. The van der Waals surface area contributed by atoms with Gasteiger partial charge in [0.2, 0.25) is 0 Å². The molecule has 0 saturated carbocycles. The first-order chi connectivity index (χ1) is 14.3. The van der Waals surface area contributed by atoms with Crippen LogP contribution in [0.1, 0.15) is 65.8 Å². The highest BCUT2D eigenvalue weighted by Gasteiger charge is 2.28. The fraction of sp³-hybridized carbons (Fsp3) is 0.636. The largest absolute Gasteiger partial charge is 0.433 e. The monoisotopic (exact) mass is 439 g/mol. The van der Waals surface area contributed by atoms with Crippen LogP contribution in [0, 0.1) is 6.92 Å². The molecule has 1 unspecified atom stereocenters. The number of hydrogen-bond acceptors (Lipinski definition) is 5. The van der Waals surface area contributed by atoms with Crippen molar-refractivity contribution in [3.05, 3.63) is 39.6 Å². The van der Waals surface area contributed by atoms with Crippen LogP contribution < -0.4 is 0 Å². The quantitative estimate of drug-likeness (QED) is 0.603. The predicted octanol–water partition coefficient (Wildman–Crippen LogP) is 4.96. The molecule has 1 aromatic rings. The van der Waals surface area contributed by atoms with Gasteiger partial charge >= 0.3 is 6.11 Å². The summed E-state index contributed by atoms with van der Waals surface area (Å²) in [7, 11) is 0. The molecule has 0 N–H and O–H groups in total. The van der Waals surface area contributed by atoms with E-state index in [1.54, 1.807) is 12.2 Å². The lowest BCUT2D eigenvalue weighted by atomic mass is 10.0. The molecule has 1 aliphatic carbocycles. The third-order valence-corrected chi connectivity index (χ3v) is 6.64. The van der Waals surface area contributed by atoms with Gasteiger partial charge in [0, 0.05) is 32.5 Å². The average Bonchev–Trinajstić information content (AvgIpc) is 2.92. The second kappa shape index (κ2) is 10.0. The number of hydrogen-bond donors (Lipinski definition) is 0. The zero-order valence-electron chi connectivity index (χ0n) is 18.0. The van der Waals surface area contributed by atoms with Gasteiger partial charge in [-0.3, -0.25) is 4.79 Å². The Bertz CT molecular complexity index is 801. The maximum atomic E-state index is 13.2. The summed E-state index contributed by atoms with van der Waals surface area (Å²) in [4.78, 5) is 22.8. The smallest absolute Gasteiger partial charge is 0.394 e. The van der Waals surface area contributed by atoms with E-state index in [2.05, 4.69) is 16.8 Å². The highest BCUT2D eigenvalue weighted by atomic mass is 32.1. The van der Waals surface area contributed by atoms with Crippen LogP contribution in [0.3, 0.4) is 0 Å². The zero-order chi connectivity index (χ0) is 21.7. The van der Waals surface area contributed by atoms with Gasteiger partial charge in [0.15, 0.2) is 0 Å². The van der Waals surface area contributed by atoms with E-state index in [0.717, 1.165) is 51.1 Å².